The first kappa shape index (κ1) is 12.1. The van der Waals surface area contributed by atoms with Crippen LogP contribution >= 0.6 is 58.4 Å². The Kier molecular flexibility index (Phi) is 3.34. The third-order valence-electron chi connectivity index (χ3n) is 2.11. The van der Waals surface area contributed by atoms with Crippen LogP contribution in [0.2, 0.25) is 0 Å². The Morgan fingerprint density at radius 2 is 1.87 bits per heavy atom. The number of hydrogen-bond acceptors (Lipinski definition) is 6. The first-order valence-electron chi connectivity index (χ1n) is 4.44. The van der Waals surface area contributed by atoms with E-state index in [0.717, 1.165) is 3.14 Å². The summed E-state index contributed by atoms with van der Waals surface area (Å²) < 4.78 is 3.08. The van der Waals surface area contributed by atoms with Gasteiger partial charge in [-0.25, -0.2) is 0 Å². The quantitative estimate of drug-likeness (QED) is 0.656. The molecule has 15 heavy (non-hydrogen) atoms. The monoisotopic (exact) mass is 294 g/mol. The van der Waals surface area contributed by atoms with E-state index >= 15 is 0 Å². The molecule has 1 aliphatic rings. The molecule has 0 aliphatic carbocycles. The Balaban J connectivity index is 2.49. The summed E-state index contributed by atoms with van der Waals surface area (Å²) >= 11 is 11.8. The minimum atomic E-state index is -0.322. The molecular weight excluding hydrogens is 284 g/mol. The summed E-state index contributed by atoms with van der Waals surface area (Å²) in [5, 5.41) is 0.0361. The van der Waals surface area contributed by atoms with E-state index in [1.165, 1.54) is 8.42 Å². The Labute approximate surface area is 111 Å². The third kappa shape index (κ3) is 2.34. The molecule has 0 radical (unpaired) electrons. The molecule has 2 heterocycles. The number of rotatable bonds is 0. The van der Waals surface area contributed by atoms with Crippen LogP contribution in [0.3, 0.4) is 0 Å². The summed E-state index contributed by atoms with van der Waals surface area (Å²) in [6, 6.07) is 0. The smallest absolute Gasteiger partial charge is 0.161 e. The maximum Gasteiger partial charge on any atom is 0.161 e. The van der Waals surface area contributed by atoms with E-state index in [-0.39, 0.29) is 10.00 Å². The van der Waals surface area contributed by atoms with Crippen LogP contribution in [-0.4, -0.2) is 15.8 Å². The van der Waals surface area contributed by atoms with Gasteiger partial charge in [0.15, 0.2) is 5.78 Å². The molecule has 0 amide bonds. The number of carbonyl (C=O) groups excluding carboxylic acids is 1. The fourth-order valence-corrected chi connectivity index (χ4v) is 8.32. The highest BCUT2D eigenvalue weighted by atomic mass is 32.2. The van der Waals surface area contributed by atoms with Crippen molar-refractivity contribution >= 4 is 64.2 Å². The molecule has 0 bridgehead atoms. The zero-order chi connectivity index (χ0) is 11.2. The second-order valence-electron chi connectivity index (χ2n) is 3.77. The standard InChI is InChI=1S/C9H10OS5/c1-4-5(10)9(2,3)15-7-6(12-4)13-8(11)14-7/h4H,1-3H3/t4-/m0/s1. The Morgan fingerprint density at radius 3 is 2.53 bits per heavy atom. The SMILES string of the molecule is C[C@@H]1Sc2sc(=S)sc2SC(C)(C)C1=O. The van der Waals surface area contributed by atoms with E-state index in [1.54, 1.807) is 46.2 Å². The first-order chi connectivity index (χ1) is 6.90. The van der Waals surface area contributed by atoms with Crippen molar-refractivity contribution in [2.24, 2.45) is 0 Å². The van der Waals surface area contributed by atoms with Crippen LogP contribution in [0.1, 0.15) is 20.8 Å². The van der Waals surface area contributed by atoms with E-state index in [2.05, 4.69) is 0 Å². The lowest BCUT2D eigenvalue weighted by molar-refractivity contribution is -0.119. The van der Waals surface area contributed by atoms with Crippen molar-refractivity contribution in [1.29, 1.82) is 0 Å². The first-order valence-corrected chi connectivity index (χ1v) is 8.18. The van der Waals surface area contributed by atoms with Gasteiger partial charge >= 0.3 is 0 Å². The number of ketones is 1. The third-order valence-corrected chi connectivity index (χ3v) is 7.87. The van der Waals surface area contributed by atoms with Crippen LogP contribution in [0.4, 0.5) is 0 Å². The van der Waals surface area contributed by atoms with Crippen LogP contribution in [-0.2, 0) is 4.79 Å². The Bertz CT molecular complexity index is 455. The predicted octanol–water partition coefficient (Wildman–Crippen LogP) is 4.47. The molecule has 0 spiro atoms. The van der Waals surface area contributed by atoms with Gasteiger partial charge < -0.3 is 0 Å². The molecule has 6 heteroatoms. The van der Waals surface area contributed by atoms with E-state index in [0.29, 0.717) is 5.78 Å². The van der Waals surface area contributed by atoms with Gasteiger partial charge in [-0.2, -0.15) is 0 Å². The van der Waals surface area contributed by atoms with Crippen molar-refractivity contribution in [2.45, 2.75) is 39.2 Å². The summed E-state index contributed by atoms with van der Waals surface area (Å²) in [7, 11) is 0. The maximum atomic E-state index is 12.1. The summed E-state index contributed by atoms with van der Waals surface area (Å²) in [5.41, 5.74) is 0. The van der Waals surface area contributed by atoms with Crippen molar-refractivity contribution in [3.63, 3.8) is 0 Å². The maximum absolute atomic E-state index is 12.1. The molecule has 1 aromatic heterocycles. The van der Waals surface area contributed by atoms with Crippen LogP contribution in [0.5, 0.6) is 0 Å². The van der Waals surface area contributed by atoms with Gasteiger partial charge in [0.2, 0.25) is 0 Å². The van der Waals surface area contributed by atoms with Gasteiger partial charge in [-0.1, -0.05) is 24.0 Å². The van der Waals surface area contributed by atoms with E-state index in [9.17, 15) is 4.79 Å². The van der Waals surface area contributed by atoms with E-state index < -0.39 is 0 Å². The van der Waals surface area contributed by atoms with Crippen molar-refractivity contribution < 1.29 is 4.79 Å². The van der Waals surface area contributed by atoms with Gasteiger partial charge in [-0.15, -0.1) is 34.4 Å². The second-order valence-corrected chi connectivity index (χ2v) is 10.5. The van der Waals surface area contributed by atoms with E-state index in [1.807, 2.05) is 20.8 Å². The average Bonchev–Trinajstić information content (AvgIpc) is 2.40. The largest absolute Gasteiger partial charge is 0.297 e. The number of fused-ring (bicyclic) bond motifs is 1. The van der Waals surface area contributed by atoms with Gasteiger partial charge in [0, 0.05) is 0 Å². The molecule has 1 aliphatic heterocycles. The molecule has 2 rings (SSSR count). The Hall–Kier alpha value is 0.640. The molecule has 1 nitrogen and oxygen atoms in total. The van der Waals surface area contributed by atoms with Gasteiger partial charge in [-0.3, -0.25) is 4.79 Å². The lowest BCUT2D eigenvalue weighted by Crippen LogP contribution is -2.33. The van der Waals surface area contributed by atoms with Crippen molar-refractivity contribution in [3.05, 3.63) is 3.14 Å². The van der Waals surface area contributed by atoms with Crippen molar-refractivity contribution in [2.75, 3.05) is 0 Å². The van der Waals surface area contributed by atoms with Gasteiger partial charge in [0.25, 0.3) is 0 Å². The lowest BCUT2D eigenvalue weighted by Gasteiger charge is -2.21. The molecule has 82 valence electrons. The lowest BCUT2D eigenvalue weighted by atomic mass is 10.1. The number of thioether (sulfide) groups is 2. The van der Waals surface area contributed by atoms with Crippen LogP contribution in [0.15, 0.2) is 8.42 Å². The van der Waals surface area contributed by atoms with Crippen LogP contribution in [0.25, 0.3) is 0 Å². The van der Waals surface area contributed by atoms with E-state index in [4.69, 9.17) is 12.2 Å². The molecule has 0 aromatic carbocycles. The zero-order valence-electron chi connectivity index (χ0n) is 8.53. The van der Waals surface area contributed by atoms with Gasteiger partial charge in [0.05, 0.1) is 18.4 Å². The molecule has 1 atom stereocenters. The highest BCUT2D eigenvalue weighted by Gasteiger charge is 2.37. The minimum Gasteiger partial charge on any atom is -0.297 e. The summed E-state index contributed by atoms with van der Waals surface area (Å²) in [6.45, 7) is 5.98. The normalized spacial score (nSPS) is 24.7. The summed E-state index contributed by atoms with van der Waals surface area (Å²) in [5.74, 6) is 0.319. The van der Waals surface area contributed by atoms with Gasteiger partial charge in [-0.05, 0) is 20.8 Å². The molecule has 0 N–H and O–H groups in total. The highest BCUT2D eigenvalue weighted by Crippen LogP contribution is 2.50. The van der Waals surface area contributed by atoms with Crippen molar-refractivity contribution in [3.8, 4) is 0 Å². The topological polar surface area (TPSA) is 17.1 Å². The molecule has 0 unspecified atom stereocenters. The minimum absolute atomic E-state index is 0.0361. The molecule has 1 aromatic rings. The van der Waals surface area contributed by atoms with Crippen LogP contribution < -0.4 is 0 Å². The molecule has 0 fully saturated rings. The highest BCUT2D eigenvalue weighted by molar-refractivity contribution is 8.08. The number of carbonyl (C=O) groups is 1. The molecular formula is C9H10OS5. The zero-order valence-corrected chi connectivity index (χ0v) is 12.6. The van der Waals surface area contributed by atoms with Gasteiger partial charge in [0.1, 0.15) is 3.14 Å². The molecule has 0 saturated heterocycles. The second kappa shape index (κ2) is 4.14. The summed E-state index contributed by atoms with van der Waals surface area (Å²) in [6.07, 6.45) is 0. The van der Waals surface area contributed by atoms with Crippen molar-refractivity contribution in [1.82, 2.24) is 0 Å². The summed E-state index contributed by atoms with van der Waals surface area (Å²) in [4.78, 5) is 12.1. The fraction of sp³-hybridized carbons (Fsp3) is 0.556. The fourth-order valence-electron chi connectivity index (χ4n) is 1.38. The average molecular weight is 295 g/mol. The Morgan fingerprint density at radius 1 is 1.27 bits per heavy atom. The number of Topliss-reactive ketones (excluding diaryl/α,β-unsaturated/α-hetero) is 1. The van der Waals surface area contributed by atoms with Crippen LogP contribution in [0, 0.1) is 3.14 Å². The number of hydrogen-bond donors (Lipinski definition) is 0. The molecule has 0 saturated carbocycles. The predicted molar refractivity (Wildman–Crippen MR) is 73.3 cm³/mol.